The van der Waals surface area contributed by atoms with Gasteiger partial charge < -0.3 is 15.4 Å². The zero-order chi connectivity index (χ0) is 20.7. The van der Waals surface area contributed by atoms with E-state index in [9.17, 15) is 18.8 Å². The molecule has 0 unspecified atom stereocenters. The largest absolute Gasteiger partial charge is 0.454 e. The van der Waals surface area contributed by atoms with Gasteiger partial charge in [0.2, 0.25) is 0 Å². The average molecular weight is 386 g/mol. The Morgan fingerprint density at radius 3 is 2.36 bits per heavy atom. The molecule has 0 saturated heterocycles. The van der Waals surface area contributed by atoms with Gasteiger partial charge in [-0.05, 0) is 42.7 Å². The van der Waals surface area contributed by atoms with Crippen molar-refractivity contribution in [3.05, 3.63) is 65.5 Å². The number of ether oxygens (including phenoxy) is 1. The maximum atomic E-state index is 13.5. The van der Waals surface area contributed by atoms with Crippen molar-refractivity contribution >= 4 is 23.5 Å². The van der Waals surface area contributed by atoms with Gasteiger partial charge in [-0.3, -0.25) is 9.59 Å². The summed E-state index contributed by atoms with van der Waals surface area (Å²) in [6, 6.07) is 11.8. The molecule has 0 fully saturated rings. The van der Waals surface area contributed by atoms with Gasteiger partial charge in [0.15, 0.2) is 6.61 Å². The van der Waals surface area contributed by atoms with Crippen LogP contribution in [0.5, 0.6) is 0 Å². The fourth-order valence-electron chi connectivity index (χ4n) is 2.41. The summed E-state index contributed by atoms with van der Waals surface area (Å²) in [6.07, 6.45) is 0. The van der Waals surface area contributed by atoms with Gasteiger partial charge in [-0.25, -0.2) is 9.18 Å². The number of carbonyl (C=O) groups excluding carboxylic acids is 3. The Hall–Kier alpha value is -3.22. The third kappa shape index (κ3) is 5.90. The van der Waals surface area contributed by atoms with Gasteiger partial charge in [0.25, 0.3) is 11.8 Å². The van der Waals surface area contributed by atoms with Crippen LogP contribution in [0.25, 0.3) is 0 Å². The van der Waals surface area contributed by atoms with Crippen LogP contribution in [0.15, 0.2) is 48.5 Å². The first-order valence-corrected chi connectivity index (χ1v) is 8.86. The normalized spacial score (nSPS) is 11.6. The number of rotatable bonds is 7. The Bertz CT molecular complexity index is 853. The second-order valence-electron chi connectivity index (χ2n) is 6.68. The first-order valence-electron chi connectivity index (χ1n) is 8.86. The van der Waals surface area contributed by atoms with Gasteiger partial charge in [0, 0.05) is 11.3 Å². The lowest BCUT2D eigenvalue weighted by molar-refractivity contribution is -0.150. The third-order valence-electron chi connectivity index (χ3n) is 4.04. The average Bonchev–Trinajstić information content (AvgIpc) is 2.67. The number of nitrogens with one attached hydrogen (secondary N) is 2. The third-order valence-corrected chi connectivity index (χ3v) is 4.04. The van der Waals surface area contributed by atoms with Crippen LogP contribution in [0.3, 0.4) is 0 Å². The standard InChI is InChI=1S/C21H23FN2O4/c1-13(2)19(24-20(26)15-7-5-4-6-8-15)21(27)28-12-18(25)23-16-10-9-14(3)17(22)11-16/h4-11,13,19H,12H2,1-3H3,(H,23,25)(H,24,26)/t19-/m1/s1. The van der Waals surface area contributed by atoms with Gasteiger partial charge in [-0.1, -0.05) is 38.1 Å². The molecule has 0 aliphatic rings. The van der Waals surface area contributed by atoms with Crippen molar-refractivity contribution < 1.29 is 23.5 Å². The molecule has 2 rings (SSSR count). The number of hydrogen-bond donors (Lipinski definition) is 2. The molecule has 148 valence electrons. The lowest BCUT2D eigenvalue weighted by Gasteiger charge is -2.20. The zero-order valence-electron chi connectivity index (χ0n) is 16.0. The first-order chi connectivity index (χ1) is 13.3. The highest BCUT2D eigenvalue weighted by molar-refractivity contribution is 5.97. The van der Waals surface area contributed by atoms with E-state index in [4.69, 9.17) is 4.74 Å². The van der Waals surface area contributed by atoms with Gasteiger partial charge in [-0.15, -0.1) is 0 Å². The van der Waals surface area contributed by atoms with Gasteiger partial charge >= 0.3 is 5.97 Å². The summed E-state index contributed by atoms with van der Waals surface area (Å²) in [7, 11) is 0. The molecule has 0 radical (unpaired) electrons. The molecule has 2 aromatic carbocycles. The summed E-state index contributed by atoms with van der Waals surface area (Å²) < 4.78 is 18.6. The van der Waals surface area contributed by atoms with Crippen LogP contribution in [0, 0.1) is 18.7 Å². The molecule has 0 spiro atoms. The minimum absolute atomic E-state index is 0.241. The predicted octanol–water partition coefficient (Wildman–Crippen LogP) is 3.07. The molecule has 7 heteroatoms. The second kappa shape index (κ2) is 9.64. The van der Waals surface area contributed by atoms with E-state index in [1.54, 1.807) is 57.2 Å². The van der Waals surface area contributed by atoms with E-state index >= 15 is 0 Å². The fourth-order valence-corrected chi connectivity index (χ4v) is 2.41. The number of carbonyl (C=O) groups is 3. The van der Waals surface area contributed by atoms with Crippen molar-refractivity contribution in [1.82, 2.24) is 5.32 Å². The smallest absolute Gasteiger partial charge is 0.329 e. The highest BCUT2D eigenvalue weighted by Crippen LogP contribution is 2.13. The summed E-state index contributed by atoms with van der Waals surface area (Å²) in [6.45, 7) is 4.58. The first kappa shape index (κ1) is 21.1. The second-order valence-corrected chi connectivity index (χ2v) is 6.68. The summed E-state index contributed by atoms with van der Waals surface area (Å²) in [5.41, 5.74) is 1.14. The van der Waals surface area contributed by atoms with Crippen molar-refractivity contribution in [2.24, 2.45) is 5.92 Å². The van der Waals surface area contributed by atoms with Crippen molar-refractivity contribution in [3.63, 3.8) is 0 Å². The molecule has 2 N–H and O–H groups in total. The van der Waals surface area contributed by atoms with E-state index in [1.807, 2.05) is 0 Å². The SMILES string of the molecule is Cc1ccc(NC(=O)COC(=O)[C@H](NC(=O)c2ccccc2)C(C)C)cc1F. The molecule has 6 nitrogen and oxygen atoms in total. The topological polar surface area (TPSA) is 84.5 Å². The summed E-state index contributed by atoms with van der Waals surface area (Å²) >= 11 is 0. The van der Waals surface area contributed by atoms with E-state index in [-0.39, 0.29) is 11.6 Å². The fraction of sp³-hybridized carbons (Fsp3) is 0.286. The van der Waals surface area contributed by atoms with Crippen LogP contribution in [0.2, 0.25) is 0 Å². The van der Waals surface area contributed by atoms with Crippen molar-refractivity contribution in [2.75, 3.05) is 11.9 Å². The monoisotopic (exact) mass is 386 g/mol. The highest BCUT2D eigenvalue weighted by Gasteiger charge is 2.26. The number of hydrogen-bond acceptors (Lipinski definition) is 4. The number of esters is 1. The lowest BCUT2D eigenvalue weighted by Crippen LogP contribution is -2.45. The molecule has 1 atom stereocenters. The Morgan fingerprint density at radius 1 is 1.07 bits per heavy atom. The Kier molecular flexibility index (Phi) is 7.26. The Balaban J connectivity index is 1.91. The van der Waals surface area contributed by atoms with Crippen LogP contribution in [0.1, 0.15) is 29.8 Å². The minimum atomic E-state index is -0.905. The Labute approximate surface area is 163 Å². The van der Waals surface area contributed by atoms with E-state index in [2.05, 4.69) is 10.6 Å². The lowest BCUT2D eigenvalue weighted by atomic mass is 10.0. The number of halogens is 1. The molecule has 0 aliphatic heterocycles. The number of anilines is 1. The van der Waals surface area contributed by atoms with Gasteiger partial charge in [0.05, 0.1) is 0 Å². The summed E-state index contributed by atoms with van der Waals surface area (Å²) in [5, 5.41) is 5.08. The van der Waals surface area contributed by atoms with Gasteiger partial charge in [-0.2, -0.15) is 0 Å². The molecule has 0 heterocycles. The maximum absolute atomic E-state index is 13.5. The predicted molar refractivity (Wildman–Crippen MR) is 103 cm³/mol. The van der Waals surface area contributed by atoms with Crippen molar-refractivity contribution in [2.45, 2.75) is 26.8 Å². The Morgan fingerprint density at radius 2 is 1.75 bits per heavy atom. The number of amides is 2. The quantitative estimate of drug-likeness (QED) is 0.717. The van der Waals surface area contributed by atoms with Crippen LogP contribution < -0.4 is 10.6 Å². The highest BCUT2D eigenvalue weighted by atomic mass is 19.1. The van der Waals surface area contributed by atoms with E-state index in [1.165, 1.54) is 12.1 Å². The maximum Gasteiger partial charge on any atom is 0.329 e. The number of benzene rings is 2. The van der Waals surface area contributed by atoms with E-state index in [0.29, 0.717) is 11.1 Å². The zero-order valence-corrected chi connectivity index (χ0v) is 16.0. The molecule has 2 amide bonds. The van der Waals surface area contributed by atoms with E-state index in [0.717, 1.165) is 0 Å². The van der Waals surface area contributed by atoms with Crippen LogP contribution in [-0.2, 0) is 14.3 Å². The summed E-state index contributed by atoms with van der Waals surface area (Å²) in [4.78, 5) is 36.6. The van der Waals surface area contributed by atoms with Crippen molar-refractivity contribution in [1.29, 1.82) is 0 Å². The molecule has 0 bridgehead atoms. The van der Waals surface area contributed by atoms with E-state index < -0.39 is 36.2 Å². The van der Waals surface area contributed by atoms with Gasteiger partial charge in [0.1, 0.15) is 11.9 Å². The number of aryl methyl sites for hydroxylation is 1. The summed E-state index contributed by atoms with van der Waals surface area (Å²) in [5.74, 6) is -2.42. The molecule has 0 saturated carbocycles. The molecular formula is C21H23FN2O4. The molecule has 28 heavy (non-hydrogen) atoms. The minimum Gasteiger partial charge on any atom is -0.454 e. The molecular weight excluding hydrogens is 363 g/mol. The molecule has 2 aromatic rings. The van der Waals surface area contributed by atoms with Crippen LogP contribution >= 0.6 is 0 Å². The van der Waals surface area contributed by atoms with Crippen molar-refractivity contribution in [3.8, 4) is 0 Å². The molecule has 0 aromatic heterocycles. The van der Waals surface area contributed by atoms with Crippen LogP contribution in [-0.4, -0.2) is 30.4 Å². The van der Waals surface area contributed by atoms with Crippen LogP contribution in [0.4, 0.5) is 10.1 Å². The molecule has 0 aliphatic carbocycles.